The smallest absolute Gasteiger partial charge is 0.408 e. The molecule has 0 saturated heterocycles. The van der Waals surface area contributed by atoms with Gasteiger partial charge in [-0.15, -0.1) is 0 Å². The molecule has 2 rings (SSSR count). The number of hydrogen-bond donors (Lipinski definition) is 1. The van der Waals surface area contributed by atoms with Gasteiger partial charge in [-0.1, -0.05) is 0 Å². The lowest BCUT2D eigenvalue weighted by Crippen LogP contribution is -2.41. The number of alkyl carbamates (subject to hydrolysis) is 1. The molecular formula is C17H19N5O7. The summed E-state index contributed by atoms with van der Waals surface area (Å²) in [5.74, 6) is 0. The van der Waals surface area contributed by atoms with Crippen molar-refractivity contribution in [2.45, 2.75) is 38.8 Å². The van der Waals surface area contributed by atoms with Crippen LogP contribution >= 0.6 is 0 Å². The fraction of sp³-hybridized carbons (Fsp3) is 0.353. The van der Waals surface area contributed by atoms with Crippen molar-refractivity contribution < 1.29 is 24.2 Å². The van der Waals surface area contributed by atoms with Crippen LogP contribution in [0.25, 0.3) is 5.69 Å². The van der Waals surface area contributed by atoms with Crippen LogP contribution in [-0.4, -0.2) is 43.4 Å². The number of aromatic nitrogens is 2. The van der Waals surface area contributed by atoms with Crippen LogP contribution in [0, 0.1) is 20.2 Å². The van der Waals surface area contributed by atoms with E-state index in [1.807, 2.05) is 0 Å². The largest absolute Gasteiger partial charge is 0.444 e. The predicted octanol–water partition coefficient (Wildman–Crippen LogP) is 2.32. The number of nitrogens with zero attached hydrogens (tertiary/aromatic N) is 4. The van der Waals surface area contributed by atoms with Crippen LogP contribution in [0.3, 0.4) is 0 Å². The first-order chi connectivity index (χ1) is 13.5. The van der Waals surface area contributed by atoms with E-state index in [1.54, 1.807) is 20.8 Å². The summed E-state index contributed by atoms with van der Waals surface area (Å²) in [5, 5.41) is 24.5. The Hall–Kier alpha value is -3.83. The molecule has 154 valence electrons. The summed E-state index contributed by atoms with van der Waals surface area (Å²) in [4.78, 5) is 47.8. The minimum Gasteiger partial charge on any atom is -0.444 e. The highest BCUT2D eigenvalue weighted by Gasteiger charge is 2.22. The Labute approximate surface area is 164 Å². The molecule has 29 heavy (non-hydrogen) atoms. The highest BCUT2D eigenvalue weighted by molar-refractivity contribution is 5.73. The number of carbonyl (C=O) groups is 2. The summed E-state index contributed by atoms with van der Waals surface area (Å²) in [7, 11) is 0. The number of ether oxygens (including phenoxy) is 1. The standard InChI is InChI=1S/C17H19N5O7/c1-17(2,3)29-16(24)19-12(9-23)6-11-8-20(10-18-11)14-5-4-13(21(25)26)7-15(14)22(27)28/h4-5,7-10,12H,6H2,1-3H3,(H,19,24)/t12-/m0/s1. The van der Waals surface area contributed by atoms with E-state index in [0.717, 1.165) is 12.1 Å². The van der Waals surface area contributed by atoms with Gasteiger partial charge in [0.2, 0.25) is 0 Å². The number of nitro groups is 2. The lowest BCUT2D eigenvalue weighted by Gasteiger charge is -2.21. The molecule has 0 spiro atoms. The van der Waals surface area contributed by atoms with Crippen LogP contribution in [0.1, 0.15) is 26.5 Å². The predicted molar refractivity (Wildman–Crippen MR) is 99.8 cm³/mol. The summed E-state index contributed by atoms with van der Waals surface area (Å²) >= 11 is 0. The molecule has 0 radical (unpaired) electrons. The molecule has 1 heterocycles. The van der Waals surface area contributed by atoms with Crippen LogP contribution in [-0.2, 0) is 16.0 Å². The van der Waals surface area contributed by atoms with E-state index in [4.69, 9.17) is 4.74 Å². The maximum Gasteiger partial charge on any atom is 0.408 e. The lowest BCUT2D eigenvalue weighted by atomic mass is 10.2. The summed E-state index contributed by atoms with van der Waals surface area (Å²) in [6, 6.07) is 2.31. The van der Waals surface area contributed by atoms with Gasteiger partial charge in [0, 0.05) is 18.7 Å². The highest BCUT2D eigenvalue weighted by atomic mass is 16.6. The lowest BCUT2D eigenvalue weighted by molar-refractivity contribution is -0.394. The van der Waals surface area contributed by atoms with E-state index in [2.05, 4.69) is 10.3 Å². The molecule has 0 saturated carbocycles. The molecule has 1 N–H and O–H groups in total. The molecule has 1 aromatic heterocycles. The molecule has 1 atom stereocenters. The Kier molecular flexibility index (Phi) is 6.26. The van der Waals surface area contributed by atoms with E-state index >= 15 is 0 Å². The Balaban J connectivity index is 2.20. The number of benzene rings is 1. The van der Waals surface area contributed by atoms with Crippen molar-refractivity contribution in [1.29, 1.82) is 0 Å². The summed E-state index contributed by atoms with van der Waals surface area (Å²) in [6.07, 6.45) is 2.49. The molecule has 2 aromatic rings. The zero-order chi connectivity index (χ0) is 21.8. The van der Waals surface area contributed by atoms with Crippen LogP contribution in [0.2, 0.25) is 0 Å². The number of nitro benzene ring substituents is 2. The average Bonchev–Trinajstić information content (AvgIpc) is 3.07. The maximum atomic E-state index is 11.8. The molecule has 0 unspecified atom stereocenters. The van der Waals surface area contributed by atoms with Crippen LogP contribution < -0.4 is 5.32 Å². The van der Waals surface area contributed by atoms with Gasteiger partial charge in [0.05, 0.1) is 34.0 Å². The number of amides is 1. The third-order valence-corrected chi connectivity index (χ3v) is 3.58. The van der Waals surface area contributed by atoms with Crippen molar-refractivity contribution in [2.24, 2.45) is 0 Å². The Morgan fingerprint density at radius 2 is 2.00 bits per heavy atom. The minimum absolute atomic E-state index is 0.0243. The Morgan fingerprint density at radius 3 is 2.55 bits per heavy atom. The molecule has 12 heteroatoms. The first-order valence-electron chi connectivity index (χ1n) is 8.41. The van der Waals surface area contributed by atoms with E-state index < -0.39 is 39.0 Å². The van der Waals surface area contributed by atoms with Gasteiger partial charge in [0.15, 0.2) is 0 Å². The van der Waals surface area contributed by atoms with Crippen LogP contribution in [0.5, 0.6) is 0 Å². The van der Waals surface area contributed by atoms with E-state index in [9.17, 15) is 29.8 Å². The molecule has 1 amide bonds. The van der Waals surface area contributed by atoms with Crippen molar-refractivity contribution in [2.75, 3.05) is 0 Å². The second-order valence-electron chi connectivity index (χ2n) is 7.05. The van der Waals surface area contributed by atoms with Crippen molar-refractivity contribution in [3.8, 4) is 5.69 Å². The van der Waals surface area contributed by atoms with Gasteiger partial charge in [0.25, 0.3) is 11.4 Å². The second-order valence-corrected chi connectivity index (χ2v) is 7.05. The number of non-ortho nitro benzene ring substituents is 1. The first kappa shape index (κ1) is 21.5. The first-order valence-corrected chi connectivity index (χ1v) is 8.41. The number of imidazole rings is 1. The van der Waals surface area contributed by atoms with Crippen molar-refractivity contribution in [3.05, 3.63) is 56.6 Å². The summed E-state index contributed by atoms with van der Waals surface area (Å²) in [6.45, 7) is 5.05. The maximum absolute atomic E-state index is 11.8. The average molecular weight is 405 g/mol. The van der Waals surface area contributed by atoms with Crippen molar-refractivity contribution in [3.63, 3.8) is 0 Å². The topological polar surface area (TPSA) is 160 Å². The highest BCUT2D eigenvalue weighted by Crippen LogP contribution is 2.27. The summed E-state index contributed by atoms with van der Waals surface area (Å²) < 4.78 is 6.40. The molecule has 0 aliphatic rings. The molecule has 0 aliphatic carbocycles. The van der Waals surface area contributed by atoms with E-state index in [0.29, 0.717) is 12.0 Å². The molecule has 12 nitrogen and oxygen atoms in total. The number of aldehydes is 1. The SMILES string of the molecule is CC(C)(C)OC(=O)N[C@H](C=O)Cc1cn(-c2ccc([N+](=O)[O-])cc2[N+](=O)[O-])cn1. The third-order valence-electron chi connectivity index (χ3n) is 3.58. The Bertz CT molecular complexity index is 948. The molecule has 1 aromatic carbocycles. The fourth-order valence-electron chi connectivity index (χ4n) is 2.41. The van der Waals surface area contributed by atoms with Crippen molar-refractivity contribution in [1.82, 2.24) is 14.9 Å². The van der Waals surface area contributed by atoms with Gasteiger partial charge in [-0.05, 0) is 26.8 Å². The molecule has 0 fully saturated rings. The normalized spacial score (nSPS) is 12.1. The zero-order valence-corrected chi connectivity index (χ0v) is 15.9. The molecule has 0 aliphatic heterocycles. The monoisotopic (exact) mass is 405 g/mol. The molecular weight excluding hydrogens is 386 g/mol. The van der Waals surface area contributed by atoms with Gasteiger partial charge in [-0.2, -0.15) is 0 Å². The second kappa shape index (κ2) is 8.46. The quantitative estimate of drug-likeness (QED) is 0.417. The van der Waals surface area contributed by atoms with Crippen LogP contribution in [0.4, 0.5) is 16.2 Å². The Morgan fingerprint density at radius 1 is 1.31 bits per heavy atom. The zero-order valence-electron chi connectivity index (χ0n) is 15.9. The van der Waals surface area contributed by atoms with Gasteiger partial charge in [0.1, 0.15) is 17.6 Å². The van der Waals surface area contributed by atoms with Crippen molar-refractivity contribution >= 4 is 23.8 Å². The molecule has 0 bridgehead atoms. The van der Waals surface area contributed by atoms with Crippen LogP contribution in [0.15, 0.2) is 30.7 Å². The third kappa shape index (κ3) is 5.82. The van der Waals surface area contributed by atoms with Gasteiger partial charge in [-0.3, -0.25) is 24.8 Å². The number of carbonyl (C=O) groups excluding carboxylic acids is 2. The number of rotatable bonds is 7. The number of nitrogens with one attached hydrogen (secondary N) is 1. The van der Waals surface area contributed by atoms with E-state index in [1.165, 1.54) is 23.2 Å². The minimum atomic E-state index is -0.917. The van der Waals surface area contributed by atoms with Gasteiger partial charge >= 0.3 is 6.09 Å². The van der Waals surface area contributed by atoms with Gasteiger partial charge in [-0.25, -0.2) is 9.78 Å². The fourth-order valence-corrected chi connectivity index (χ4v) is 2.41. The van der Waals surface area contributed by atoms with E-state index in [-0.39, 0.29) is 12.1 Å². The van der Waals surface area contributed by atoms with Gasteiger partial charge < -0.3 is 14.8 Å². The number of hydrogen-bond acceptors (Lipinski definition) is 8. The summed E-state index contributed by atoms with van der Waals surface area (Å²) in [5.41, 5.74) is -1.17.